The molecule has 7 heteroatoms. The minimum absolute atomic E-state index is 0.0738. The van der Waals surface area contributed by atoms with E-state index in [0.717, 1.165) is 30.4 Å². The van der Waals surface area contributed by atoms with Gasteiger partial charge in [-0.1, -0.05) is 24.4 Å². The number of anilines is 1. The summed E-state index contributed by atoms with van der Waals surface area (Å²) in [5, 5.41) is 16.1. The Morgan fingerprint density at radius 1 is 1.53 bits per heavy atom. The van der Waals surface area contributed by atoms with Crippen molar-refractivity contribution in [3.63, 3.8) is 0 Å². The molecule has 1 aliphatic carbocycles. The normalized spacial score (nSPS) is 23.3. The van der Waals surface area contributed by atoms with E-state index in [-0.39, 0.29) is 30.3 Å². The van der Waals surface area contributed by atoms with E-state index in [9.17, 15) is 4.79 Å². The van der Waals surface area contributed by atoms with Gasteiger partial charge < -0.3 is 16.2 Å². The number of nitrogens with zero attached hydrogens (tertiary/aromatic N) is 2. The van der Waals surface area contributed by atoms with Crippen LogP contribution < -0.4 is 16.6 Å². The molecule has 106 valence electrons. The van der Waals surface area contributed by atoms with Gasteiger partial charge in [-0.25, -0.2) is 4.68 Å². The zero-order valence-electron chi connectivity index (χ0n) is 10.7. The Bertz CT molecular complexity index is 491. The van der Waals surface area contributed by atoms with Crippen molar-refractivity contribution < 1.29 is 5.11 Å². The van der Waals surface area contributed by atoms with E-state index in [0.29, 0.717) is 5.69 Å². The minimum Gasteiger partial charge on any atom is -0.394 e. The second-order valence-corrected chi connectivity index (χ2v) is 5.20. The largest absolute Gasteiger partial charge is 0.394 e. The van der Waals surface area contributed by atoms with E-state index in [1.807, 2.05) is 0 Å². The van der Waals surface area contributed by atoms with Crippen LogP contribution in [0.3, 0.4) is 0 Å². The number of aromatic nitrogens is 2. The van der Waals surface area contributed by atoms with Crippen LogP contribution in [0.15, 0.2) is 11.0 Å². The summed E-state index contributed by atoms with van der Waals surface area (Å²) < 4.78 is 1.15. The number of nitrogens with one attached hydrogen (secondary N) is 1. The van der Waals surface area contributed by atoms with Gasteiger partial charge in [0.05, 0.1) is 25.0 Å². The van der Waals surface area contributed by atoms with Gasteiger partial charge in [-0.15, -0.1) is 0 Å². The highest BCUT2D eigenvalue weighted by Gasteiger charge is 2.23. The van der Waals surface area contributed by atoms with Crippen LogP contribution in [0.2, 0.25) is 5.02 Å². The number of hydrogen-bond acceptors (Lipinski definition) is 5. The van der Waals surface area contributed by atoms with Crippen molar-refractivity contribution in [2.24, 2.45) is 5.73 Å². The van der Waals surface area contributed by atoms with Crippen LogP contribution in [0.1, 0.15) is 25.7 Å². The average molecular weight is 287 g/mol. The Balaban J connectivity index is 2.16. The van der Waals surface area contributed by atoms with E-state index in [1.165, 1.54) is 6.20 Å². The fourth-order valence-corrected chi connectivity index (χ4v) is 2.56. The molecule has 0 spiro atoms. The lowest BCUT2D eigenvalue weighted by Crippen LogP contribution is -2.43. The van der Waals surface area contributed by atoms with Gasteiger partial charge in [-0.2, -0.15) is 5.10 Å². The second-order valence-electron chi connectivity index (χ2n) is 4.82. The third-order valence-corrected chi connectivity index (χ3v) is 3.82. The quantitative estimate of drug-likeness (QED) is 0.752. The molecule has 0 aliphatic heterocycles. The third-order valence-electron chi connectivity index (χ3n) is 3.46. The van der Waals surface area contributed by atoms with Crippen LogP contribution in [0.4, 0.5) is 5.69 Å². The lowest BCUT2D eigenvalue weighted by Gasteiger charge is -2.30. The molecule has 4 N–H and O–H groups in total. The zero-order chi connectivity index (χ0) is 13.8. The van der Waals surface area contributed by atoms with Gasteiger partial charge in [0.25, 0.3) is 5.56 Å². The molecule has 0 amide bonds. The fourth-order valence-electron chi connectivity index (χ4n) is 2.36. The number of nitrogens with two attached hydrogens (primary N) is 1. The molecule has 1 heterocycles. The summed E-state index contributed by atoms with van der Waals surface area (Å²) in [4.78, 5) is 11.9. The highest BCUT2D eigenvalue weighted by molar-refractivity contribution is 6.32. The van der Waals surface area contributed by atoms with Crippen LogP contribution in [0.25, 0.3) is 0 Å². The van der Waals surface area contributed by atoms with Crippen LogP contribution in [-0.2, 0) is 6.54 Å². The third kappa shape index (κ3) is 3.26. The summed E-state index contributed by atoms with van der Waals surface area (Å²) in [5.74, 6) is 0. The summed E-state index contributed by atoms with van der Waals surface area (Å²) >= 11 is 6.04. The maximum Gasteiger partial charge on any atom is 0.287 e. The first-order valence-corrected chi connectivity index (χ1v) is 6.90. The van der Waals surface area contributed by atoms with Crippen molar-refractivity contribution in [3.8, 4) is 0 Å². The van der Waals surface area contributed by atoms with Crippen LogP contribution in [-0.4, -0.2) is 33.6 Å². The van der Waals surface area contributed by atoms with Crippen LogP contribution in [0.5, 0.6) is 0 Å². The molecule has 6 nitrogen and oxygen atoms in total. The zero-order valence-corrected chi connectivity index (χ0v) is 11.4. The topological polar surface area (TPSA) is 93.2 Å². The van der Waals surface area contributed by atoms with E-state index in [2.05, 4.69) is 10.4 Å². The van der Waals surface area contributed by atoms with E-state index in [1.54, 1.807) is 0 Å². The van der Waals surface area contributed by atoms with Crippen molar-refractivity contribution in [3.05, 3.63) is 21.6 Å². The van der Waals surface area contributed by atoms with Gasteiger partial charge in [-0.05, 0) is 12.8 Å². The SMILES string of the molecule is N[C@@H]1CCCC[C@H]1Nc1cnn(CCO)c(=O)c1Cl. The van der Waals surface area contributed by atoms with Gasteiger partial charge in [0.15, 0.2) is 0 Å². The summed E-state index contributed by atoms with van der Waals surface area (Å²) in [7, 11) is 0. The lowest BCUT2D eigenvalue weighted by molar-refractivity contribution is 0.266. The van der Waals surface area contributed by atoms with E-state index < -0.39 is 5.56 Å². The second kappa shape index (κ2) is 6.36. The van der Waals surface area contributed by atoms with Crippen molar-refractivity contribution in [2.75, 3.05) is 11.9 Å². The molecular formula is C12H19ClN4O2. The Hall–Kier alpha value is -1.11. The number of aliphatic hydroxyl groups is 1. The molecule has 0 bridgehead atoms. The summed E-state index contributed by atoms with van der Waals surface area (Å²) in [5.41, 5.74) is 6.17. The van der Waals surface area contributed by atoms with Crippen molar-refractivity contribution in [1.29, 1.82) is 0 Å². The molecule has 1 aliphatic rings. The predicted molar refractivity (Wildman–Crippen MR) is 74.4 cm³/mol. The number of hydrogen-bond donors (Lipinski definition) is 3. The predicted octanol–water partition coefficient (Wildman–Crippen LogP) is 0.571. The Morgan fingerprint density at radius 3 is 2.95 bits per heavy atom. The molecule has 0 saturated heterocycles. The molecule has 1 aromatic rings. The molecule has 1 aromatic heterocycles. The van der Waals surface area contributed by atoms with Crippen molar-refractivity contribution in [2.45, 2.75) is 44.3 Å². The highest BCUT2D eigenvalue weighted by atomic mass is 35.5. The van der Waals surface area contributed by atoms with E-state index >= 15 is 0 Å². The molecule has 0 unspecified atom stereocenters. The smallest absolute Gasteiger partial charge is 0.287 e. The first-order valence-electron chi connectivity index (χ1n) is 6.52. The lowest BCUT2D eigenvalue weighted by atomic mass is 9.91. The maximum atomic E-state index is 11.9. The number of rotatable bonds is 4. The standard InChI is InChI=1S/C12H19ClN4O2/c13-11-10(7-15-17(5-6-18)12(11)19)16-9-4-2-1-3-8(9)14/h7-9,16,18H,1-6,14H2/t8-,9-/m1/s1. The molecular weight excluding hydrogens is 268 g/mol. The first kappa shape index (κ1) is 14.3. The number of halogens is 1. The van der Waals surface area contributed by atoms with Crippen LogP contribution in [0, 0.1) is 0 Å². The first-order chi connectivity index (χ1) is 9.13. The van der Waals surface area contributed by atoms with E-state index in [4.69, 9.17) is 22.4 Å². The monoisotopic (exact) mass is 286 g/mol. The average Bonchev–Trinajstić information content (AvgIpc) is 2.41. The van der Waals surface area contributed by atoms with Crippen LogP contribution >= 0.6 is 11.6 Å². The van der Waals surface area contributed by atoms with Gasteiger partial charge in [0.1, 0.15) is 5.02 Å². The molecule has 2 atom stereocenters. The molecule has 1 fully saturated rings. The summed E-state index contributed by atoms with van der Waals surface area (Å²) in [6.07, 6.45) is 5.73. The maximum absolute atomic E-state index is 11.9. The van der Waals surface area contributed by atoms with Crippen molar-refractivity contribution >= 4 is 17.3 Å². The molecule has 0 radical (unpaired) electrons. The molecule has 1 saturated carbocycles. The Kier molecular flexibility index (Phi) is 4.79. The van der Waals surface area contributed by atoms with Gasteiger partial charge in [-0.3, -0.25) is 4.79 Å². The molecule has 19 heavy (non-hydrogen) atoms. The van der Waals surface area contributed by atoms with Gasteiger partial charge in [0, 0.05) is 12.1 Å². The highest BCUT2D eigenvalue weighted by Crippen LogP contribution is 2.23. The van der Waals surface area contributed by atoms with Gasteiger partial charge >= 0.3 is 0 Å². The minimum atomic E-state index is -0.398. The van der Waals surface area contributed by atoms with Gasteiger partial charge in [0.2, 0.25) is 0 Å². The Morgan fingerprint density at radius 2 is 2.26 bits per heavy atom. The van der Waals surface area contributed by atoms with Crippen molar-refractivity contribution in [1.82, 2.24) is 9.78 Å². The molecule has 2 rings (SSSR count). The summed E-state index contributed by atoms with van der Waals surface area (Å²) in [6.45, 7) is -0.00865. The number of aliphatic hydroxyl groups excluding tert-OH is 1. The fraction of sp³-hybridized carbons (Fsp3) is 0.667. The Labute approximate surface area is 116 Å². The summed E-state index contributed by atoms with van der Waals surface area (Å²) in [6, 6.07) is 0.200. The molecule has 0 aromatic carbocycles.